The highest BCUT2D eigenvalue weighted by Gasteiger charge is 2.25. The molecule has 11 aromatic carbocycles. The van der Waals surface area contributed by atoms with Crippen molar-refractivity contribution in [3.63, 3.8) is 0 Å². The van der Waals surface area contributed by atoms with Crippen molar-refractivity contribution in [3.05, 3.63) is 267 Å². The van der Waals surface area contributed by atoms with Crippen molar-refractivity contribution in [1.29, 1.82) is 0 Å². The number of hydrogen-bond donors (Lipinski definition) is 0. The molecule has 0 saturated carbocycles. The van der Waals surface area contributed by atoms with Gasteiger partial charge in [0.25, 0.3) is 0 Å². The lowest BCUT2D eigenvalue weighted by Gasteiger charge is -2.12. The number of nitrogens with zero attached hydrogens (tertiary/aromatic N) is 6. The van der Waals surface area contributed by atoms with Gasteiger partial charge in [0.2, 0.25) is 0 Å². The summed E-state index contributed by atoms with van der Waals surface area (Å²) in [5.74, 6) is 0.686. The monoisotopic (exact) mass is 968 g/mol. The molecule has 16 rings (SSSR count). The van der Waals surface area contributed by atoms with Gasteiger partial charge in [-0.15, -0.1) is 0 Å². The zero-order valence-corrected chi connectivity index (χ0v) is 41.1. The summed E-state index contributed by atoms with van der Waals surface area (Å²) in [6, 6.07) is 96.3. The van der Waals surface area contributed by atoms with Crippen LogP contribution in [-0.2, 0) is 0 Å². The molecule has 0 saturated heterocycles. The summed E-state index contributed by atoms with van der Waals surface area (Å²) in [5.41, 5.74) is 18.4. The Morgan fingerprint density at radius 3 is 1.21 bits per heavy atom. The van der Waals surface area contributed by atoms with Gasteiger partial charge in [-0.3, -0.25) is 0 Å². The lowest BCUT2D eigenvalue weighted by molar-refractivity contribution is 1.16. The summed E-state index contributed by atoms with van der Waals surface area (Å²) in [7, 11) is 0. The van der Waals surface area contributed by atoms with Crippen LogP contribution >= 0.6 is 0 Å². The second kappa shape index (κ2) is 16.6. The highest BCUT2D eigenvalue weighted by Crippen LogP contribution is 2.46. The topological polar surface area (TPSA) is 45.5 Å². The molecule has 0 unspecified atom stereocenters. The molecule has 0 aliphatic rings. The Balaban J connectivity index is 1.05. The number of aromatic nitrogens is 6. The van der Waals surface area contributed by atoms with Crippen molar-refractivity contribution >= 4 is 87.2 Å². The van der Waals surface area contributed by atoms with E-state index in [-0.39, 0.29) is 0 Å². The van der Waals surface area contributed by atoms with E-state index in [1.54, 1.807) is 0 Å². The van der Waals surface area contributed by atoms with Crippen molar-refractivity contribution in [3.8, 4) is 56.7 Å². The van der Waals surface area contributed by atoms with Gasteiger partial charge in [0, 0.05) is 82.5 Å². The van der Waals surface area contributed by atoms with Crippen LogP contribution in [0.3, 0.4) is 0 Å². The van der Waals surface area contributed by atoms with Crippen molar-refractivity contribution in [1.82, 2.24) is 28.2 Å². The quantitative estimate of drug-likeness (QED) is 0.160. The molecule has 0 atom stereocenters. The van der Waals surface area contributed by atoms with Crippen molar-refractivity contribution in [2.75, 3.05) is 0 Å². The smallest absolute Gasteiger partial charge is 0.160 e. The molecule has 0 N–H and O–H groups in total. The minimum atomic E-state index is 0.686. The average molecular weight is 969 g/mol. The molecule has 0 fully saturated rings. The summed E-state index contributed by atoms with van der Waals surface area (Å²) in [5, 5.41) is 9.59. The third-order valence-electron chi connectivity index (χ3n) is 15.5. The third kappa shape index (κ3) is 6.28. The van der Waals surface area contributed by atoms with E-state index >= 15 is 0 Å². The predicted molar refractivity (Wildman–Crippen MR) is 316 cm³/mol. The van der Waals surface area contributed by atoms with Gasteiger partial charge in [-0.05, 0) is 91.0 Å². The molecular weight excluding hydrogens is 925 g/mol. The van der Waals surface area contributed by atoms with Crippen LogP contribution in [0.2, 0.25) is 0 Å². The SMILES string of the molecule is c1ccc(-c2cc(-c3ccc4c5c(ccc6c7ccccc7n(-c7ccccc7)c65)n(-c5ccc6c(c5)c5c(ccc7c8ccccc8n(-c8ccccc8)c75)n6-c5ccccc5)c4c3)nc(-c3ccccc3)n2)cc1. The molecule has 16 aromatic rings. The first kappa shape index (κ1) is 42.2. The lowest BCUT2D eigenvalue weighted by atomic mass is 10.0. The maximum atomic E-state index is 5.35. The van der Waals surface area contributed by atoms with Crippen LogP contribution in [0, 0.1) is 0 Å². The number of fused-ring (bicyclic) bond motifs is 14. The van der Waals surface area contributed by atoms with E-state index in [1.807, 2.05) is 24.3 Å². The molecule has 0 spiro atoms. The zero-order valence-electron chi connectivity index (χ0n) is 41.1. The standard InChI is InChI=1S/C70H44N6/c1-6-20-45(21-7-1)58-44-59(72-70(71-58)46-22-8-2-9-23-46)47-34-36-56-65(42-47)74(63-40-37-54-52-30-16-18-32-60(52)75(68(54)66(56)63)49-26-12-4-13-27-49)51-35-39-62-57(43-51)67-64(73(62)48-24-10-3-11-25-48)41-38-55-53-31-17-19-33-61(53)76(69(55)67)50-28-14-5-15-29-50/h1-44H. The fourth-order valence-electron chi connectivity index (χ4n) is 12.3. The number of para-hydroxylation sites is 5. The van der Waals surface area contributed by atoms with Crippen LogP contribution in [-0.4, -0.2) is 28.2 Å². The lowest BCUT2D eigenvalue weighted by Crippen LogP contribution is -1.97. The summed E-state index contributed by atoms with van der Waals surface area (Å²) in [6.07, 6.45) is 0. The van der Waals surface area contributed by atoms with E-state index in [4.69, 9.17) is 9.97 Å². The van der Waals surface area contributed by atoms with Crippen molar-refractivity contribution in [2.24, 2.45) is 0 Å². The molecule has 0 radical (unpaired) electrons. The van der Waals surface area contributed by atoms with Crippen LogP contribution in [0.5, 0.6) is 0 Å². The molecule has 354 valence electrons. The van der Waals surface area contributed by atoms with Gasteiger partial charge in [-0.1, -0.05) is 176 Å². The molecule has 0 aliphatic heterocycles. The van der Waals surface area contributed by atoms with Gasteiger partial charge in [-0.2, -0.15) is 0 Å². The number of benzene rings is 11. The Morgan fingerprint density at radius 1 is 0.224 bits per heavy atom. The zero-order chi connectivity index (χ0) is 49.8. The first-order valence-electron chi connectivity index (χ1n) is 25.9. The van der Waals surface area contributed by atoms with E-state index in [0.29, 0.717) is 5.82 Å². The second-order valence-corrected chi connectivity index (χ2v) is 19.7. The van der Waals surface area contributed by atoms with Gasteiger partial charge < -0.3 is 18.3 Å². The van der Waals surface area contributed by atoms with Gasteiger partial charge in [0.05, 0.1) is 55.5 Å². The summed E-state index contributed by atoms with van der Waals surface area (Å²) in [4.78, 5) is 10.5. The highest BCUT2D eigenvalue weighted by molar-refractivity contribution is 6.28. The summed E-state index contributed by atoms with van der Waals surface area (Å²) < 4.78 is 9.87. The van der Waals surface area contributed by atoms with Gasteiger partial charge >= 0.3 is 0 Å². The number of rotatable bonds is 7. The molecule has 6 heteroatoms. The molecular formula is C70H44N6. The molecule has 0 aliphatic carbocycles. The van der Waals surface area contributed by atoms with Gasteiger partial charge in [-0.25, -0.2) is 9.97 Å². The third-order valence-corrected chi connectivity index (χ3v) is 15.5. The maximum absolute atomic E-state index is 5.35. The Kier molecular flexibility index (Phi) is 9.23. The van der Waals surface area contributed by atoms with Crippen LogP contribution in [0.1, 0.15) is 0 Å². The van der Waals surface area contributed by atoms with Crippen molar-refractivity contribution < 1.29 is 0 Å². The first-order valence-corrected chi connectivity index (χ1v) is 25.9. The largest absolute Gasteiger partial charge is 0.309 e. The fourth-order valence-corrected chi connectivity index (χ4v) is 12.3. The van der Waals surface area contributed by atoms with Gasteiger partial charge in [0.15, 0.2) is 5.82 Å². The number of hydrogen-bond acceptors (Lipinski definition) is 2. The van der Waals surface area contributed by atoms with Crippen molar-refractivity contribution in [2.45, 2.75) is 0 Å². The Labute approximate surface area is 436 Å². The van der Waals surface area contributed by atoms with E-state index in [9.17, 15) is 0 Å². The fraction of sp³-hybridized carbons (Fsp3) is 0. The van der Waals surface area contributed by atoms with E-state index < -0.39 is 0 Å². The highest BCUT2D eigenvalue weighted by atomic mass is 15.0. The molecule has 0 bridgehead atoms. The minimum Gasteiger partial charge on any atom is -0.309 e. The molecule has 76 heavy (non-hydrogen) atoms. The van der Waals surface area contributed by atoms with Crippen LogP contribution < -0.4 is 0 Å². The van der Waals surface area contributed by atoms with E-state index in [1.165, 1.54) is 59.8 Å². The van der Waals surface area contributed by atoms with E-state index in [0.717, 1.165) is 78.3 Å². The minimum absolute atomic E-state index is 0.686. The van der Waals surface area contributed by atoms with Gasteiger partial charge in [0.1, 0.15) is 0 Å². The first-order chi connectivity index (χ1) is 37.7. The van der Waals surface area contributed by atoms with Crippen LogP contribution in [0.15, 0.2) is 267 Å². The van der Waals surface area contributed by atoms with E-state index in [2.05, 4.69) is 261 Å². The summed E-state index contributed by atoms with van der Waals surface area (Å²) in [6.45, 7) is 0. The average Bonchev–Trinajstić information content (AvgIpc) is 4.26. The Bertz CT molecular complexity index is 4890. The molecule has 5 heterocycles. The second-order valence-electron chi connectivity index (χ2n) is 19.7. The predicted octanol–water partition coefficient (Wildman–Crippen LogP) is 17.9. The molecule has 6 nitrogen and oxygen atoms in total. The maximum Gasteiger partial charge on any atom is 0.160 e. The molecule has 5 aromatic heterocycles. The Hall–Kier alpha value is -10.3. The summed E-state index contributed by atoms with van der Waals surface area (Å²) >= 11 is 0. The van der Waals surface area contributed by atoms with Crippen LogP contribution in [0.25, 0.3) is 144 Å². The normalized spacial score (nSPS) is 11.9. The Morgan fingerprint density at radius 2 is 0.645 bits per heavy atom. The molecule has 0 amide bonds. The van der Waals surface area contributed by atoms with Crippen LogP contribution in [0.4, 0.5) is 0 Å².